The molecule has 0 aliphatic carbocycles. The molecule has 4 aromatic heterocycles. The maximum atomic E-state index is 4.73. The molecule has 26 heavy (non-hydrogen) atoms. The van der Waals surface area contributed by atoms with E-state index in [1.165, 1.54) is 0 Å². The minimum absolute atomic E-state index is 0.0685. The van der Waals surface area contributed by atoms with Crippen molar-refractivity contribution < 1.29 is 0 Å². The molecule has 0 aromatic carbocycles. The number of aromatic nitrogens is 8. The van der Waals surface area contributed by atoms with Gasteiger partial charge in [0, 0.05) is 31.5 Å². The van der Waals surface area contributed by atoms with Gasteiger partial charge < -0.3 is 5.32 Å². The van der Waals surface area contributed by atoms with Gasteiger partial charge in [-0.25, -0.2) is 19.6 Å². The number of hydrogen-bond acceptors (Lipinski definition) is 7. The van der Waals surface area contributed by atoms with Gasteiger partial charge in [0.1, 0.15) is 18.0 Å². The molecule has 132 valence electrons. The van der Waals surface area contributed by atoms with Gasteiger partial charge in [-0.1, -0.05) is 0 Å². The molecule has 0 bridgehead atoms. The molecular weight excluding hydrogens is 330 g/mol. The van der Waals surface area contributed by atoms with Crippen LogP contribution in [0.25, 0.3) is 22.4 Å². The predicted molar refractivity (Wildman–Crippen MR) is 97.3 cm³/mol. The van der Waals surface area contributed by atoms with Crippen molar-refractivity contribution in [2.45, 2.75) is 26.4 Å². The van der Waals surface area contributed by atoms with Crippen molar-refractivity contribution in [2.24, 2.45) is 7.05 Å². The fourth-order valence-corrected chi connectivity index (χ4v) is 2.88. The molecule has 0 saturated heterocycles. The number of hydrogen-bond donors (Lipinski definition) is 1. The summed E-state index contributed by atoms with van der Waals surface area (Å²) in [4.78, 5) is 17.8. The van der Waals surface area contributed by atoms with E-state index < -0.39 is 0 Å². The van der Waals surface area contributed by atoms with E-state index in [-0.39, 0.29) is 6.04 Å². The molecule has 1 N–H and O–H groups in total. The topological polar surface area (TPSA) is 99.2 Å². The first kappa shape index (κ1) is 16.1. The average Bonchev–Trinajstić information content (AvgIpc) is 3.29. The van der Waals surface area contributed by atoms with Gasteiger partial charge in [-0.2, -0.15) is 10.2 Å². The summed E-state index contributed by atoms with van der Waals surface area (Å²) >= 11 is 0. The van der Waals surface area contributed by atoms with Crippen molar-refractivity contribution in [3.8, 4) is 11.4 Å². The summed E-state index contributed by atoms with van der Waals surface area (Å²) in [6.45, 7) is 4.83. The number of pyridine rings is 1. The Morgan fingerprint density at radius 1 is 1.15 bits per heavy atom. The van der Waals surface area contributed by atoms with Crippen LogP contribution in [0, 0.1) is 0 Å². The average molecular weight is 349 g/mol. The van der Waals surface area contributed by atoms with Crippen LogP contribution in [0.2, 0.25) is 0 Å². The SMILES string of the molecule is CCn1ncnc1[C@@H](C)Nc1nc(-c2ccncc2)nc2c1cnn2C. The second kappa shape index (κ2) is 6.51. The molecular formula is C17H19N9. The fraction of sp³-hybridized carbons (Fsp3) is 0.294. The Bertz CT molecular complexity index is 1040. The Labute approximate surface area is 150 Å². The zero-order valence-corrected chi connectivity index (χ0v) is 14.8. The van der Waals surface area contributed by atoms with E-state index in [4.69, 9.17) is 4.98 Å². The van der Waals surface area contributed by atoms with Crippen molar-refractivity contribution in [3.63, 3.8) is 0 Å². The van der Waals surface area contributed by atoms with Crippen LogP contribution in [0.1, 0.15) is 25.7 Å². The van der Waals surface area contributed by atoms with Crippen LogP contribution in [0.15, 0.2) is 37.1 Å². The van der Waals surface area contributed by atoms with E-state index >= 15 is 0 Å². The lowest BCUT2D eigenvalue weighted by Gasteiger charge is -2.16. The summed E-state index contributed by atoms with van der Waals surface area (Å²) in [5, 5.41) is 12.9. The normalized spacial score (nSPS) is 12.4. The first-order valence-electron chi connectivity index (χ1n) is 8.41. The monoisotopic (exact) mass is 349 g/mol. The molecule has 0 aliphatic rings. The molecule has 1 atom stereocenters. The molecule has 0 saturated carbocycles. The molecule has 0 fully saturated rings. The van der Waals surface area contributed by atoms with Crippen LogP contribution >= 0.6 is 0 Å². The van der Waals surface area contributed by atoms with Crippen molar-refractivity contribution in [3.05, 3.63) is 42.9 Å². The summed E-state index contributed by atoms with van der Waals surface area (Å²) < 4.78 is 3.61. The number of fused-ring (bicyclic) bond motifs is 1. The number of rotatable bonds is 5. The van der Waals surface area contributed by atoms with Gasteiger partial charge in [-0.05, 0) is 26.0 Å². The minimum atomic E-state index is -0.0685. The molecule has 0 radical (unpaired) electrons. The molecule has 4 rings (SSSR count). The Kier molecular flexibility index (Phi) is 4.04. The van der Waals surface area contributed by atoms with Crippen LogP contribution in [-0.4, -0.2) is 39.5 Å². The largest absolute Gasteiger partial charge is 0.360 e. The van der Waals surface area contributed by atoms with Gasteiger partial charge in [0.25, 0.3) is 0 Å². The van der Waals surface area contributed by atoms with Gasteiger partial charge >= 0.3 is 0 Å². The fourth-order valence-electron chi connectivity index (χ4n) is 2.88. The highest BCUT2D eigenvalue weighted by Gasteiger charge is 2.17. The van der Waals surface area contributed by atoms with Crippen LogP contribution in [0.5, 0.6) is 0 Å². The quantitative estimate of drug-likeness (QED) is 0.589. The van der Waals surface area contributed by atoms with Crippen molar-refractivity contribution in [2.75, 3.05) is 5.32 Å². The van der Waals surface area contributed by atoms with Gasteiger partial charge in [0.05, 0.1) is 17.6 Å². The highest BCUT2D eigenvalue weighted by atomic mass is 15.3. The third-order valence-electron chi connectivity index (χ3n) is 4.22. The van der Waals surface area contributed by atoms with Gasteiger partial charge in [0.15, 0.2) is 11.5 Å². The molecule has 0 unspecified atom stereocenters. The molecule has 0 spiro atoms. The van der Waals surface area contributed by atoms with Gasteiger partial charge in [-0.15, -0.1) is 0 Å². The van der Waals surface area contributed by atoms with Crippen LogP contribution in [0.3, 0.4) is 0 Å². The molecule has 4 heterocycles. The highest BCUT2D eigenvalue weighted by Crippen LogP contribution is 2.27. The minimum Gasteiger partial charge on any atom is -0.360 e. The van der Waals surface area contributed by atoms with Crippen LogP contribution in [0.4, 0.5) is 5.82 Å². The number of anilines is 1. The van der Waals surface area contributed by atoms with Crippen molar-refractivity contribution >= 4 is 16.9 Å². The first-order valence-corrected chi connectivity index (χ1v) is 8.41. The van der Waals surface area contributed by atoms with Gasteiger partial charge in [-0.3, -0.25) is 9.67 Å². The standard InChI is InChI=1S/C17H19N9/c1-4-26-16(19-10-21-26)11(2)22-15-13-9-20-25(3)17(13)24-14(23-15)12-5-7-18-8-6-12/h5-11H,4H2,1-3H3,(H,22,23,24)/t11-/m1/s1. The van der Waals surface area contributed by atoms with Crippen molar-refractivity contribution in [1.29, 1.82) is 0 Å². The second-order valence-corrected chi connectivity index (χ2v) is 5.94. The maximum Gasteiger partial charge on any atom is 0.164 e. The lowest BCUT2D eigenvalue weighted by atomic mass is 10.2. The molecule has 9 nitrogen and oxygen atoms in total. The van der Waals surface area contributed by atoms with E-state index in [1.807, 2.05) is 37.7 Å². The molecule has 0 amide bonds. The Morgan fingerprint density at radius 3 is 2.73 bits per heavy atom. The molecule has 9 heteroatoms. The van der Waals surface area contributed by atoms with Crippen LogP contribution in [-0.2, 0) is 13.6 Å². The number of aryl methyl sites for hydroxylation is 2. The summed E-state index contributed by atoms with van der Waals surface area (Å²) in [6.07, 6.45) is 6.79. The molecule has 4 aromatic rings. The third-order valence-corrected chi connectivity index (χ3v) is 4.22. The van der Waals surface area contributed by atoms with E-state index in [2.05, 4.69) is 30.5 Å². The highest BCUT2D eigenvalue weighted by molar-refractivity contribution is 5.88. The van der Waals surface area contributed by atoms with E-state index in [9.17, 15) is 0 Å². The Hall–Kier alpha value is -3.36. The van der Waals surface area contributed by atoms with Gasteiger partial charge in [0.2, 0.25) is 0 Å². The molecule has 0 aliphatic heterocycles. The zero-order chi connectivity index (χ0) is 18.1. The summed E-state index contributed by atoms with van der Waals surface area (Å²) in [5.74, 6) is 2.19. The first-order chi connectivity index (χ1) is 12.7. The van der Waals surface area contributed by atoms with Crippen molar-refractivity contribution in [1.82, 2.24) is 39.5 Å². The Morgan fingerprint density at radius 2 is 1.96 bits per heavy atom. The van der Waals surface area contributed by atoms with E-state index in [0.29, 0.717) is 11.6 Å². The summed E-state index contributed by atoms with van der Waals surface area (Å²) in [7, 11) is 1.87. The second-order valence-electron chi connectivity index (χ2n) is 5.94. The predicted octanol–water partition coefficient (Wildman–Crippen LogP) is 2.21. The third kappa shape index (κ3) is 2.77. The Balaban J connectivity index is 1.78. The maximum absolute atomic E-state index is 4.73. The lowest BCUT2D eigenvalue weighted by molar-refractivity contribution is 0.592. The van der Waals surface area contributed by atoms with E-state index in [1.54, 1.807) is 29.6 Å². The summed E-state index contributed by atoms with van der Waals surface area (Å²) in [5.41, 5.74) is 1.66. The lowest BCUT2D eigenvalue weighted by Crippen LogP contribution is -2.15. The van der Waals surface area contributed by atoms with E-state index in [0.717, 1.165) is 29.0 Å². The number of nitrogens with one attached hydrogen (secondary N) is 1. The summed E-state index contributed by atoms with van der Waals surface area (Å²) in [6, 6.07) is 3.71. The zero-order valence-electron chi connectivity index (χ0n) is 14.8. The number of nitrogens with zero attached hydrogens (tertiary/aromatic N) is 8. The van der Waals surface area contributed by atoms with Crippen LogP contribution < -0.4 is 5.32 Å². The smallest absolute Gasteiger partial charge is 0.164 e.